The number of nitrogens with zero attached hydrogens (tertiary/aromatic N) is 4. The lowest BCUT2D eigenvalue weighted by molar-refractivity contribution is 0.0945. The van der Waals surface area contributed by atoms with Crippen molar-refractivity contribution in [3.05, 3.63) is 41.9 Å². The van der Waals surface area contributed by atoms with Gasteiger partial charge in [-0.2, -0.15) is 8.75 Å². The zero-order valence-electron chi connectivity index (χ0n) is 18.5. The number of pyridine rings is 1. The molecule has 4 N–H and O–H groups in total. The number of benzene rings is 1. The number of amides is 1. The van der Waals surface area contributed by atoms with Crippen molar-refractivity contribution in [2.75, 3.05) is 23.8 Å². The molecule has 1 aromatic carbocycles. The van der Waals surface area contributed by atoms with Crippen molar-refractivity contribution in [2.24, 2.45) is 0 Å². The van der Waals surface area contributed by atoms with E-state index in [4.69, 9.17) is 9.52 Å². The van der Waals surface area contributed by atoms with Gasteiger partial charge in [0.05, 0.1) is 23.0 Å². The van der Waals surface area contributed by atoms with Crippen LogP contribution in [0.1, 0.15) is 36.5 Å². The second kappa shape index (κ2) is 9.92. The van der Waals surface area contributed by atoms with Crippen LogP contribution in [0.3, 0.4) is 0 Å². The summed E-state index contributed by atoms with van der Waals surface area (Å²) in [5.74, 6) is 1.01. The lowest BCUT2D eigenvalue weighted by Crippen LogP contribution is -2.25. The van der Waals surface area contributed by atoms with Crippen LogP contribution in [-0.2, 0) is 0 Å². The van der Waals surface area contributed by atoms with E-state index in [1.165, 1.54) is 11.7 Å². The lowest BCUT2D eigenvalue weighted by atomic mass is 10.2. The highest BCUT2D eigenvalue weighted by atomic mass is 32.1. The van der Waals surface area contributed by atoms with E-state index in [0.717, 1.165) is 22.4 Å². The van der Waals surface area contributed by atoms with Crippen molar-refractivity contribution in [2.45, 2.75) is 33.2 Å². The summed E-state index contributed by atoms with van der Waals surface area (Å²) in [6.45, 7) is 6.12. The number of nitrogens with one attached hydrogen (secondary N) is 3. The number of aryl methyl sites for hydroxylation is 1. The first-order valence-electron chi connectivity index (χ1n) is 10.6. The smallest absolute Gasteiger partial charge is 0.273 e. The van der Waals surface area contributed by atoms with Gasteiger partial charge >= 0.3 is 0 Å². The molecule has 0 bridgehead atoms. The van der Waals surface area contributed by atoms with Gasteiger partial charge in [-0.05, 0) is 45.4 Å². The summed E-state index contributed by atoms with van der Waals surface area (Å²) in [5, 5.41) is 18.3. The third kappa shape index (κ3) is 5.26. The average molecular weight is 468 g/mol. The van der Waals surface area contributed by atoms with Crippen molar-refractivity contribution in [1.82, 2.24) is 24.0 Å². The minimum absolute atomic E-state index is 0.00807. The van der Waals surface area contributed by atoms with Crippen LogP contribution in [0.5, 0.6) is 0 Å². The molecule has 172 valence electrons. The first-order valence-corrected chi connectivity index (χ1v) is 11.3. The maximum Gasteiger partial charge on any atom is 0.273 e. The average Bonchev–Trinajstić information content (AvgIpc) is 3.39. The number of carbonyl (C=O) groups is 1. The molecular weight excluding hydrogens is 442 g/mol. The number of fused-ring (bicyclic) bond motifs is 1. The molecule has 0 saturated carbocycles. The van der Waals surface area contributed by atoms with Crippen LogP contribution < -0.4 is 16.0 Å². The van der Waals surface area contributed by atoms with Gasteiger partial charge < -0.3 is 25.5 Å². The second-order valence-electron chi connectivity index (χ2n) is 7.76. The number of hydrogen-bond acceptors (Lipinski definition) is 10. The highest BCUT2D eigenvalue weighted by molar-refractivity contribution is 7.00. The summed E-state index contributed by atoms with van der Waals surface area (Å²) < 4.78 is 14.3. The highest BCUT2D eigenvalue weighted by Crippen LogP contribution is 2.32. The van der Waals surface area contributed by atoms with Crippen LogP contribution in [0, 0.1) is 6.92 Å². The number of aliphatic hydroxyl groups is 1. The molecule has 0 unspecified atom stereocenters. The molecule has 10 nitrogen and oxygen atoms in total. The van der Waals surface area contributed by atoms with Gasteiger partial charge in [0, 0.05) is 37.1 Å². The summed E-state index contributed by atoms with van der Waals surface area (Å²) in [5.41, 5.74) is 4.15. The summed E-state index contributed by atoms with van der Waals surface area (Å²) in [6.07, 6.45) is 2.14. The second-order valence-corrected chi connectivity index (χ2v) is 8.29. The minimum atomic E-state index is -0.340. The maximum absolute atomic E-state index is 12.4. The van der Waals surface area contributed by atoms with Gasteiger partial charge in [0.2, 0.25) is 5.89 Å². The molecule has 0 aliphatic heterocycles. The SMILES string of the molecule is Cc1oc(-c2cnc(Nc3ccc4nsnc4c3)cc2NC(C)C)nc1C(=O)NCCCO. The number of carbonyl (C=O) groups excluding carboxylic acids is 1. The number of aromatic nitrogens is 4. The maximum atomic E-state index is 12.4. The predicted molar refractivity (Wildman–Crippen MR) is 128 cm³/mol. The van der Waals surface area contributed by atoms with Crippen LogP contribution in [0.4, 0.5) is 17.2 Å². The topological polar surface area (TPSA) is 138 Å². The quantitative estimate of drug-likeness (QED) is 0.271. The van der Waals surface area contributed by atoms with E-state index in [1.54, 1.807) is 13.1 Å². The summed E-state index contributed by atoms with van der Waals surface area (Å²) >= 11 is 1.18. The molecule has 0 fully saturated rings. The van der Waals surface area contributed by atoms with E-state index in [-0.39, 0.29) is 24.2 Å². The largest absolute Gasteiger partial charge is 0.440 e. The first kappa shape index (κ1) is 22.6. The Morgan fingerprint density at radius 2 is 2.03 bits per heavy atom. The molecule has 0 saturated heterocycles. The molecule has 4 rings (SSSR count). The van der Waals surface area contributed by atoms with Crippen molar-refractivity contribution >= 4 is 45.9 Å². The van der Waals surface area contributed by atoms with Gasteiger partial charge in [-0.15, -0.1) is 0 Å². The van der Waals surface area contributed by atoms with Crippen molar-refractivity contribution < 1.29 is 14.3 Å². The summed E-state index contributed by atoms with van der Waals surface area (Å²) in [7, 11) is 0. The van der Waals surface area contributed by atoms with E-state index >= 15 is 0 Å². The standard InChI is InChI=1S/C22H25N7O3S/c1-12(2)25-17-10-19(26-14-5-6-16-18(9-14)29-33-28-16)24-11-15(17)22-27-20(13(3)32-22)21(31)23-7-4-8-30/h5-6,9-12,30H,4,7-8H2,1-3H3,(H,23,31)(H2,24,25,26). The van der Waals surface area contributed by atoms with E-state index < -0.39 is 0 Å². The molecule has 3 heterocycles. The van der Waals surface area contributed by atoms with Crippen molar-refractivity contribution in [3.63, 3.8) is 0 Å². The molecule has 0 atom stereocenters. The van der Waals surface area contributed by atoms with Crippen LogP contribution in [0.15, 0.2) is 34.9 Å². The molecule has 4 aromatic rings. The third-order valence-corrected chi connectivity index (χ3v) is 5.29. The van der Waals surface area contributed by atoms with Crippen LogP contribution in [-0.4, -0.2) is 48.9 Å². The fourth-order valence-electron chi connectivity index (χ4n) is 3.22. The van der Waals surface area contributed by atoms with Gasteiger partial charge in [0.25, 0.3) is 5.91 Å². The molecule has 11 heteroatoms. The van der Waals surface area contributed by atoms with Gasteiger partial charge in [-0.1, -0.05) is 0 Å². The third-order valence-electron chi connectivity index (χ3n) is 4.74. The molecule has 33 heavy (non-hydrogen) atoms. The number of oxazole rings is 1. The van der Waals surface area contributed by atoms with Crippen LogP contribution >= 0.6 is 11.7 Å². The van der Waals surface area contributed by atoms with Gasteiger partial charge in [-0.25, -0.2) is 9.97 Å². The van der Waals surface area contributed by atoms with Crippen molar-refractivity contribution in [3.8, 4) is 11.5 Å². The summed E-state index contributed by atoms with van der Waals surface area (Å²) in [6, 6.07) is 7.77. The molecule has 3 aromatic heterocycles. The fourth-order valence-corrected chi connectivity index (χ4v) is 3.74. The number of rotatable bonds is 9. The molecule has 0 aliphatic rings. The molecule has 0 aliphatic carbocycles. The first-order chi connectivity index (χ1) is 15.9. The number of hydrogen-bond donors (Lipinski definition) is 4. The Kier molecular flexibility index (Phi) is 6.80. The Labute approximate surface area is 194 Å². The van der Waals surface area contributed by atoms with E-state index in [9.17, 15) is 4.79 Å². The number of aliphatic hydroxyl groups excluding tert-OH is 1. The zero-order chi connectivity index (χ0) is 23.4. The fraction of sp³-hybridized carbons (Fsp3) is 0.318. The predicted octanol–water partition coefficient (Wildman–Crippen LogP) is 3.73. The Bertz CT molecular complexity index is 1270. The highest BCUT2D eigenvalue weighted by Gasteiger charge is 2.20. The Balaban J connectivity index is 1.61. The Morgan fingerprint density at radius 1 is 1.21 bits per heavy atom. The Hall–Kier alpha value is -3.57. The van der Waals surface area contributed by atoms with Crippen molar-refractivity contribution in [1.29, 1.82) is 0 Å². The van der Waals surface area contributed by atoms with E-state index in [2.05, 4.69) is 34.7 Å². The molecular formula is C22H25N7O3S. The zero-order valence-corrected chi connectivity index (χ0v) is 19.4. The Morgan fingerprint density at radius 3 is 2.82 bits per heavy atom. The summed E-state index contributed by atoms with van der Waals surface area (Å²) in [4.78, 5) is 21.3. The minimum Gasteiger partial charge on any atom is -0.440 e. The monoisotopic (exact) mass is 467 g/mol. The van der Waals surface area contributed by atoms with Gasteiger partial charge in [0.1, 0.15) is 22.6 Å². The van der Waals surface area contributed by atoms with E-state index in [1.807, 2.05) is 38.1 Å². The molecule has 0 spiro atoms. The molecule has 0 radical (unpaired) electrons. The lowest BCUT2D eigenvalue weighted by Gasteiger charge is -2.15. The van der Waals surface area contributed by atoms with Crippen LogP contribution in [0.2, 0.25) is 0 Å². The van der Waals surface area contributed by atoms with Gasteiger partial charge in [0.15, 0.2) is 5.69 Å². The van der Waals surface area contributed by atoms with Crippen LogP contribution in [0.25, 0.3) is 22.5 Å². The van der Waals surface area contributed by atoms with E-state index in [0.29, 0.717) is 36.0 Å². The number of anilines is 3. The normalized spacial score (nSPS) is 11.2. The van der Waals surface area contributed by atoms with Gasteiger partial charge in [-0.3, -0.25) is 4.79 Å². The molecule has 1 amide bonds.